The van der Waals surface area contributed by atoms with Crippen molar-refractivity contribution in [3.8, 4) is 0 Å². The van der Waals surface area contributed by atoms with E-state index in [1.807, 2.05) is 4.98 Å². The predicted octanol–water partition coefficient (Wildman–Crippen LogP) is 0.272. The van der Waals surface area contributed by atoms with Gasteiger partial charge >= 0.3 is 28.9 Å². The highest BCUT2D eigenvalue weighted by Crippen LogP contribution is 2.66. The van der Waals surface area contributed by atoms with Crippen LogP contribution in [0.3, 0.4) is 0 Å². The molecule has 0 bridgehead atoms. The van der Waals surface area contributed by atoms with Crippen molar-refractivity contribution >= 4 is 23.2 Å². The first-order valence-corrected chi connectivity index (χ1v) is 12.6. The van der Waals surface area contributed by atoms with Gasteiger partial charge in [0.15, 0.2) is 0 Å². The zero-order valence-corrected chi connectivity index (χ0v) is 17.3. The molecule has 0 spiro atoms. The maximum Gasteiger partial charge on any atom is 0.488 e. The molecule has 1 aromatic heterocycles. The lowest BCUT2D eigenvalue weighted by atomic mass is 10.1. The molecule has 0 aromatic carbocycles. The van der Waals surface area contributed by atoms with E-state index in [0.29, 0.717) is 0 Å². The van der Waals surface area contributed by atoms with Crippen molar-refractivity contribution in [3.63, 3.8) is 0 Å². The Hall–Kier alpha value is -0.980. The molecule has 0 radical (unpaired) electrons. The van der Waals surface area contributed by atoms with Gasteiger partial charge in [0.25, 0.3) is 5.56 Å². The molecule has 1 aliphatic heterocycles. The maximum atomic E-state index is 14.2. The topological polar surface area (TPSA) is 215 Å². The van der Waals surface area contributed by atoms with Gasteiger partial charge in [-0.3, -0.25) is 18.9 Å². The Morgan fingerprint density at radius 2 is 1.86 bits per heavy atom. The average molecular weight is 482 g/mol. The fraction of sp³-hybridized carbons (Fsp3) is 0.636. The molecule has 2 heterocycles. The highest BCUT2D eigenvalue weighted by Gasteiger charge is 2.42. The van der Waals surface area contributed by atoms with Crippen LogP contribution < -0.4 is 11.2 Å². The summed E-state index contributed by atoms with van der Waals surface area (Å²) in [5.74, 6) is 0. The molecule has 0 aliphatic carbocycles. The zero-order valence-electron chi connectivity index (χ0n) is 14.7. The fourth-order valence-corrected chi connectivity index (χ4v) is 6.22. The smallest absolute Gasteiger partial charge is 0.351 e. The van der Waals surface area contributed by atoms with E-state index in [-0.39, 0.29) is 12.0 Å². The number of nitrogens with zero attached hydrogens (tertiary/aromatic N) is 1. The Kier molecular flexibility index (Phi) is 7.24. The molecule has 1 aromatic rings. The third kappa shape index (κ3) is 7.04. The van der Waals surface area contributed by atoms with Crippen LogP contribution in [0.15, 0.2) is 15.8 Å². The van der Waals surface area contributed by atoms with Crippen molar-refractivity contribution in [3.05, 3.63) is 32.6 Å². The van der Waals surface area contributed by atoms with Crippen molar-refractivity contribution in [1.29, 1.82) is 0 Å². The normalized spacial score (nSPS) is 26.8. The molecule has 2 unspecified atom stereocenters. The number of phosphoric acid groups is 2. The van der Waals surface area contributed by atoms with Gasteiger partial charge in [0.05, 0.1) is 12.3 Å². The summed E-state index contributed by atoms with van der Waals surface area (Å²) in [5, 5.41) is 0. The van der Waals surface area contributed by atoms with E-state index in [1.54, 1.807) is 0 Å². The highest BCUT2D eigenvalue weighted by atomic mass is 31.3. The quantitative estimate of drug-likeness (QED) is 0.316. The molecular weight excluding hydrogens is 464 g/mol. The Balaban J connectivity index is 2.03. The maximum absolute atomic E-state index is 14.2. The van der Waals surface area contributed by atoms with Gasteiger partial charge in [0.1, 0.15) is 12.4 Å². The van der Waals surface area contributed by atoms with Crippen LogP contribution >= 0.6 is 23.2 Å². The molecule has 1 saturated heterocycles. The third-order valence-corrected chi connectivity index (χ3v) is 8.10. The van der Waals surface area contributed by atoms with Gasteiger partial charge in [0.2, 0.25) is 0 Å². The summed E-state index contributed by atoms with van der Waals surface area (Å²) in [6.07, 6.45) is -4.67. The second kappa shape index (κ2) is 8.64. The van der Waals surface area contributed by atoms with Crippen LogP contribution in [0.25, 0.3) is 0 Å². The van der Waals surface area contributed by atoms with Crippen molar-refractivity contribution in [2.45, 2.75) is 38.3 Å². The van der Waals surface area contributed by atoms with Gasteiger partial charge in [0, 0.05) is 18.2 Å². The van der Waals surface area contributed by atoms with Crippen molar-refractivity contribution in [2.75, 3.05) is 6.16 Å². The van der Waals surface area contributed by atoms with E-state index in [0.717, 1.165) is 4.57 Å². The number of hydrogen-bond acceptors (Lipinski definition) is 8. The largest absolute Gasteiger partial charge is 0.488 e. The lowest BCUT2D eigenvalue weighted by molar-refractivity contribution is -0.0118. The molecule has 166 valence electrons. The van der Waals surface area contributed by atoms with Gasteiger partial charge in [-0.05, 0) is 13.3 Å². The SMILES string of the molecule is Cc1cn([C@H]2C[C@H](F)[C@@H](CCP(=O)(O)OP(=O)(O)OP(=O)(O)O)O2)c(=O)[nH]c1=O. The molecule has 5 N–H and O–H groups in total. The molecule has 2 rings (SSSR count). The summed E-state index contributed by atoms with van der Waals surface area (Å²) in [7, 11) is -16.0. The van der Waals surface area contributed by atoms with Crippen molar-refractivity contribution in [2.24, 2.45) is 0 Å². The van der Waals surface area contributed by atoms with Crippen LogP contribution in [0.4, 0.5) is 4.39 Å². The molecule has 0 saturated carbocycles. The van der Waals surface area contributed by atoms with E-state index in [4.69, 9.17) is 19.4 Å². The number of rotatable bonds is 8. The number of alkyl halides is 1. The number of H-pyrrole nitrogens is 1. The van der Waals surface area contributed by atoms with E-state index in [1.165, 1.54) is 13.1 Å². The number of ether oxygens (including phenoxy) is 1. The van der Waals surface area contributed by atoms with Crippen LogP contribution in [0.2, 0.25) is 0 Å². The molecule has 1 aliphatic rings. The van der Waals surface area contributed by atoms with Crippen molar-refractivity contribution < 1.29 is 51.0 Å². The second-order valence-corrected chi connectivity index (χ2v) is 11.1. The molecule has 5 atom stereocenters. The van der Waals surface area contributed by atoms with Gasteiger partial charge in [-0.25, -0.2) is 22.6 Å². The molecule has 1 fully saturated rings. The van der Waals surface area contributed by atoms with Gasteiger partial charge < -0.3 is 24.3 Å². The van der Waals surface area contributed by atoms with Gasteiger partial charge in [-0.1, -0.05) is 0 Å². The van der Waals surface area contributed by atoms with E-state index >= 15 is 0 Å². The average Bonchev–Trinajstić information content (AvgIpc) is 2.86. The highest BCUT2D eigenvalue weighted by molar-refractivity contribution is 7.68. The lowest BCUT2D eigenvalue weighted by Crippen LogP contribution is -2.33. The summed E-state index contributed by atoms with van der Waals surface area (Å²) in [6, 6.07) is 0. The van der Waals surface area contributed by atoms with E-state index in [2.05, 4.69) is 8.62 Å². The lowest BCUT2D eigenvalue weighted by Gasteiger charge is -2.19. The number of aryl methyl sites for hydroxylation is 1. The first-order valence-electron chi connectivity index (χ1n) is 7.83. The second-order valence-electron chi connectivity index (χ2n) is 6.13. The molecule has 18 heteroatoms. The first kappa shape index (κ1) is 24.3. The molecular formula is C11H18FN2O12P3. The number of hydrogen-bond donors (Lipinski definition) is 5. The summed E-state index contributed by atoms with van der Waals surface area (Å²) in [5.41, 5.74) is -1.29. The minimum absolute atomic E-state index is 0.170. The van der Waals surface area contributed by atoms with Crippen LogP contribution in [-0.2, 0) is 27.1 Å². The summed E-state index contributed by atoms with van der Waals surface area (Å²) in [6.45, 7) is 1.42. The summed E-state index contributed by atoms with van der Waals surface area (Å²) in [4.78, 5) is 60.9. The van der Waals surface area contributed by atoms with E-state index < -0.39 is 65.6 Å². The Bertz CT molecular complexity index is 1020. The Morgan fingerprint density at radius 3 is 2.45 bits per heavy atom. The van der Waals surface area contributed by atoms with Crippen LogP contribution in [0.1, 0.15) is 24.6 Å². The predicted molar refractivity (Wildman–Crippen MR) is 92.8 cm³/mol. The van der Waals surface area contributed by atoms with Gasteiger partial charge in [-0.2, -0.15) is 4.31 Å². The van der Waals surface area contributed by atoms with Gasteiger partial charge in [-0.15, -0.1) is 0 Å². The standard InChI is InChI=1S/C11H18FN2O12P3/c1-6-5-14(11(16)13-10(6)15)9-4-7(12)8(24-9)2-3-27(17,18)25-29(22,23)26-28(19,20)21/h5,7-9H,2-4H2,1H3,(H,17,18)(H,22,23)(H,13,15,16)(H2,19,20,21)/t7-,8+,9+/m0/s1. The van der Waals surface area contributed by atoms with E-state index in [9.17, 15) is 32.6 Å². The molecule has 0 amide bonds. The molecule has 29 heavy (non-hydrogen) atoms. The monoisotopic (exact) mass is 482 g/mol. The Labute approximate surface area is 161 Å². The number of aromatic nitrogens is 2. The van der Waals surface area contributed by atoms with Crippen LogP contribution in [0, 0.1) is 6.92 Å². The van der Waals surface area contributed by atoms with Crippen LogP contribution in [0.5, 0.6) is 0 Å². The van der Waals surface area contributed by atoms with Crippen LogP contribution in [-0.4, -0.2) is 47.6 Å². The zero-order chi connectivity index (χ0) is 22.2. The Morgan fingerprint density at radius 1 is 1.24 bits per heavy atom. The third-order valence-electron chi connectivity index (χ3n) is 3.75. The number of aromatic amines is 1. The first-order chi connectivity index (χ1) is 13.1. The minimum atomic E-state index is -5.58. The number of halogens is 1. The fourth-order valence-electron chi connectivity index (χ4n) is 2.56. The summed E-state index contributed by atoms with van der Waals surface area (Å²) < 4.78 is 61.6. The molecule has 14 nitrogen and oxygen atoms in total. The van der Waals surface area contributed by atoms with Crippen molar-refractivity contribution in [1.82, 2.24) is 9.55 Å². The number of nitrogens with one attached hydrogen (secondary N) is 1. The minimum Gasteiger partial charge on any atom is -0.351 e. The summed E-state index contributed by atoms with van der Waals surface area (Å²) >= 11 is 0.